The van der Waals surface area contributed by atoms with Gasteiger partial charge in [-0.3, -0.25) is 9.78 Å². The number of amides is 1. The van der Waals surface area contributed by atoms with Crippen LogP contribution in [0.3, 0.4) is 0 Å². The van der Waals surface area contributed by atoms with Gasteiger partial charge in [0, 0.05) is 36.6 Å². The molecule has 1 saturated heterocycles. The van der Waals surface area contributed by atoms with E-state index < -0.39 is 0 Å². The average Bonchev–Trinajstić information content (AvgIpc) is 3.40. The van der Waals surface area contributed by atoms with Crippen molar-refractivity contribution in [2.24, 2.45) is 0 Å². The maximum Gasteiger partial charge on any atom is 0.253 e. The minimum atomic E-state index is -0.102. The molecule has 0 aliphatic carbocycles. The van der Waals surface area contributed by atoms with Crippen LogP contribution in [0.1, 0.15) is 16.8 Å². The quantitative estimate of drug-likeness (QED) is 0.696. The molecule has 7 nitrogen and oxygen atoms in total. The molecule has 7 heteroatoms. The first-order chi connectivity index (χ1) is 13.2. The Labute approximate surface area is 157 Å². The van der Waals surface area contributed by atoms with Crippen molar-refractivity contribution in [3.63, 3.8) is 0 Å². The van der Waals surface area contributed by atoms with Crippen LogP contribution in [0.4, 0.5) is 0 Å². The number of benzene rings is 1. The van der Waals surface area contributed by atoms with Crippen molar-refractivity contribution in [2.75, 3.05) is 20.2 Å². The van der Waals surface area contributed by atoms with Gasteiger partial charge in [-0.2, -0.15) is 4.98 Å². The number of carbonyl (C=O) groups excluding carboxylic acids is 1. The second-order valence-electron chi connectivity index (χ2n) is 6.32. The first-order valence-corrected chi connectivity index (χ1v) is 8.78. The van der Waals surface area contributed by atoms with E-state index in [1.54, 1.807) is 6.20 Å². The lowest BCUT2D eigenvalue weighted by molar-refractivity contribution is 0.0771. The number of rotatable bonds is 5. The van der Waals surface area contributed by atoms with Crippen molar-refractivity contribution in [3.8, 4) is 17.4 Å². The highest BCUT2D eigenvalue weighted by Gasteiger charge is 2.28. The van der Waals surface area contributed by atoms with E-state index in [0.29, 0.717) is 30.4 Å². The lowest BCUT2D eigenvalue weighted by atomic mass is 10.2. The number of methoxy groups -OCH3 is 1. The largest absolute Gasteiger partial charge is 0.480 e. The fourth-order valence-electron chi connectivity index (χ4n) is 3.13. The molecule has 3 aromatic rings. The first-order valence-electron chi connectivity index (χ1n) is 8.78. The monoisotopic (exact) mass is 364 g/mol. The van der Waals surface area contributed by atoms with Crippen LogP contribution in [0.15, 0.2) is 61.2 Å². The Morgan fingerprint density at radius 3 is 2.59 bits per heavy atom. The van der Waals surface area contributed by atoms with Gasteiger partial charge >= 0.3 is 0 Å². The van der Waals surface area contributed by atoms with Gasteiger partial charge in [-0.25, -0.2) is 0 Å². The molecule has 1 unspecified atom stereocenters. The Morgan fingerprint density at radius 2 is 1.85 bits per heavy atom. The zero-order valence-corrected chi connectivity index (χ0v) is 15.0. The van der Waals surface area contributed by atoms with Crippen LogP contribution in [0.2, 0.25) is 0 Å². The van der Waals surface area contributed by atoms with Crippen LogP contribution in [0.25, 0.3) is 5.69 Å². The summed E-state index contributed by atoms with van der Waals surface area (Å²) in [6, 6.07) is 11.6. The standard InChI is InChI=1S/C20H20N4O3/c1-26-18-12-21-13-19(22-18)27-17-8-11-24(14-17)20(25)15-4-6-16(7-5-15)23-9-2-3-10-23/h2-7,9-10,12-13,17H,8,11,14H2,1H3. The molecule has 0 spiro atoms. The van der Waals surface area contributed by atoms with Crippen LogP contribution in [0, 0.1) is 0 Å². The van der Waals surface area contributed by atoms with Gasteiger partial charge in [0.2, 0.25) is 11.8 Å². The van der Waals surface area contributed by atoms with Crippen LogP contribution < -0.4 is 9.47 Å². The summed E-state index contributed by atoms with van der Waals surface area (Å²) in [6.07, 6.45) is 7.67. The van der Waals surface area contributed by atoms with E-state index in [0.717, 1.165) is 12.1 Å². The lowest BCUT2D eigenvalue weighted by Gasteiger charge is -2.17. The van der Waals surface area contributed by atoms with Crippen molar-refractivity contribution >= 4 is 5.91 Å². The van der Waals surface area contributed by atoms with Crippen molar-refractivity contribution in [1.29, 1.82) is 0 Å². The number of carbonyl (C=O) groups is 1. The summed E-state index contributed by atoms with van der Waals surface area (Å²) in [5.74, 6) is 0.822. The Kier molecular flexibility index (Phi) is 4.74. The molecule has 1 aliphatic rings. The third kappa shape index (κ3) is 3.76. The molecular formula is C20H20N4O3. The Hall–Kier alpha value is -3.35. The SMILES string of the molecule is COc1cncc(OC2CCN(C(=O)c3ccc(-n4cccc4)cc3)C2)n1. The smallest absolute Gasteiger partial charge is 0.253 e. The van der Waals surface area contributed by atoms with E-state index in [-0.39, 0.29) is 12.0 Å². The molecule has 3 heterocycles. The zero-order valence-electron chi connectivity index (χ0n) is 15.0. The molecule has 0 radical (unpaired) electrons. The summed E-state index contributed by atoms with van der Waals surface area (Å²) in [7, 11) is 1.53. The van der Waals surface area contributed by atoms with Crippen molar-refractivity contribution < 1.29 is 14.3 Å². The predicted molar refractivity (Wildman–Crippen MR) is 99.3 cm³/mol. The molecule has 0 N–H and O–H groups in total. The number of nitrogens with zero attached hydrogens (tertiary/aromatic N) is 4. The summed E-state index contributed by atoms with van der Waals surface area (Å²) < 4.78 is 12.9. The number of hydrogen-bond donors (Lipinski definition) is 0. The van der Waals surface area contributed by atoms with Gasteiger partial charge in [-0.15, -0.1) is 0 Å². The summed E-state index contributed by atoms with van der Waals surface area (Å²) in [6.45, 7) is 1.18. The molecule has 4 rings (SSSR count). The van der Waals surface area contributed by atoms with Gasteiger partial charge in [0.15, 0.2) is 0 Å². The highest BCUT2D eigenvalue weighted by atomic mass is 16.5. The van der Waals surface area contributed by atoms with Crippen LogP contribution in [-0.4, -0.2) is 51.6 Å². The van der Waals surface area contributed by atoms with Crippen LogP contribution in [0.5, 0.6) is 11.8 Å². The third-order valence-corrected chi connectivity index (χ3v) is 4.54. The van der Waals surface area contributed by atoms with E-state index in [1.165, 1.54) is 13.3 Å². The average molecular weight is 364 g/mol. The summed E-state index contributed by atoms with van der Waals surface area (Å²) in [5.41, 5.74) is 1.70. The molecule has 1 aromatic carbocycles. The number of likely N-dealkylation sites (tertiary alicyclic amines) is 1. The fraction of sp³-hybridized carbons (Fsp3) is 0.250. The first kappa shape index (κ1) is 17.1. The van der Waals surface area contributed by atoms with Crippen LogP contribution >= 0.6 is 0 Å². The highest BCUT2D eigenvalue weighted by molar-refractivity contribution is 5.94. The molecule has 2 aromatic heterocycles. The number of aromatic nitrogens is 3. The minimum absolute atomic E-state index is 0.0110. The molecule has 0 saturated carbocycles. The summed E-state index contributed by atoms with van der Waals surface area (Å²) in [5, 5.41) is 0. The van der Waals surface area contributed by atoms with Gasteiger partial charge in [0.05, 0.1) is 26.0 Å². The molecule has 138 valence electrons. The molecule has 27 heavy (non-hydrogen) atoms. The highest BCUT2D eigenvalue weighted by Crippen LogP contribution is 2.20. The number of ether oxygens (including phenoxy) is 2. The van der Waals surface area contributed by atoms with E-state index in [2.05, 4.69) is 9.97 Å². The molecule has 1 fully saturated rings. The molecule has 0 bridgehead atoms. The van der Waals surface area contributed by atoms with Gasteiger partial charge in [0.1, 0.15) is 6.10 Å². The Morgan fingerprint density at radius 1 is 1.11 bits per heavy atom. The van der Waals surface area contributed by atoms with Crippen LogP contribution in [-0.2, 0) is 0 Å². The van der Waals surface area contributed by atoms with E-state index >= 15 is 0 Å². The van der Waals surface area contributed by atoms with E-state index in [1.807, 2.05) is 58.3 Å². The topological polar surface area (TPSA) is 69.5 Å². The Balaban J connectivity index is 1.38. The fourth-order valence-corrected chi connectivity index (χ4v) is 3.13. The van der Waals surface area contributed by atoms with Crippen molar-refractivity contribution in [1.82, 2.24) is 19.4 Å². The molecular weight excluding hydrogens is 344 g/mol. The van der Waals surface area contributed by atoms with Gasteiger partial charge < -0.3 is 18.9 Å². The minimum Gasteiger partial charge on any atom is -0.480 e. The van der Waals surface area contributed by atoms with E-state index in [4.69, 9.17) is 9.47 Å². The second kappa shape index (κ2) is 7.49. The lowest BCUT2D eigenvalue weighted by Crippen LogP contribution is -2.31. The normalized spacial score (nSPS) is 16.3. The summed E-state index contributed by atoms with van der Waals surface area (Å²) in [4.78, 5) is 22.8. The zero-order chi connectivity index (χ0) is 18.6. The second-order valence-corrected chi connectivity index (χ2v) is 6.32. The predicted octanol–water partition coefficient (Wildman–Crippen LogP) is 2.57. The van der Waals surface area contributed by atoms with E-state index in [9.17, 15) is 4.79 Å². The van der Waals surface area contributed by atoms with Gasteiger partial charge in [-0.05, 0) is 36.4 Å². The summed E-state index contributed by atoms with van der Waals surface area (Å²) >= 11 is 0. The van der Waals surface area contributed by atoms with Gasteiger partial charge in [0.25, 0.3) is 5.91 Å². The maximum absolute atomic E-state index is 12.8. The van der Waals surface area contributed by atoms with Crippen molar-refractivity contribution in [2.45, 2.75) is 12.5 Å². The molecule has 1 aliphatic heterocycles. The Bertz CT molecular complexity index is 909. The van der Waals surface area contributed by atoms with Crippen molar-refractivity contribution in [3.05, 3.63) is 66.7 Å². The van der Waals surface area contributed by atoms with Gasteiger partial charge in [-0.1, -0.05) is 0 Å². The maximum atomic E-state index is 12.8. The molecule has 1 atom stereocenters. The molecule has 1 amide bonds. The third-order valence-electron chi connectivity index (χ3n) is 4.54. The number of hydrogen-bond acceptors (Lipinski definition) is 5.